The molecule has 1 aromatic rings. The summed E-state index contributed by atoms with van der Waals surface area (Å²) in [6, 6.07) is 4.95. The van der Waals surface area contributed by atoms with Crippen LogP contribution in [0, 0.1) is 0 Å². The molecule has 0 bridgehead atoms. The number of halogens is 3. The van der Waals surface area contributed by atoms with Crippen LogP contribution in [0.15, 0.2) is 24.3 Å². The van der Waals surface area contributed by atoms with E-state index in [1.54, 1.807) is 6.07 Å². The Labute approximate surface area is 123 Å². The van der Waals surface area contributed by atoms with Crippen molar-refractivity contribution >= 4 is 0 Å². The van der Waals surface area contributed by atoms with Gasteiger partial charge in [0, 0.05) is 19.6 Å². The van der Waals surface area contributed by atoms with Crippen molar-refractivity contribution in [2.75, 3.05) is 39.8 Å². The average molecular weight is 302 g/mol. The maximum atomic E-state index is 12.7. The first-order valence-corrected chi connectivity index (χ1v) is 7.12. The van der Waals surface area contributed by atoms with Crippen LogP contribution in [0.25, 0.3) is 0 Å². The molecule has 0 spiro atoms. The fourth-order valence-electron chi connectivity index (χ4n) is 2.55. The Kier molecular flexibility index (Phi) is 5.24. The van der Waals surface area contributed by atoms with Crippen LogP contribution in [-0.4, -0.2) is 54.7 Å². The lowest BCUT2D eigenvalue weighted by Gasteiger charge is -2.23. The molecule has 118 valence electrons. The molecule has 0 radical (unpaired) electrons. The predicted molar refractivity (Wildman–Crippen MR) is 75.0 cm³/mol. The van der Waals surface area contributed by atoms with Crippen LogP contribution in [0.2, 0.25) is 0 Å². The minimum Gasteiger partial charge on any atom is -0.387 e. The Bertz CT molecular complexity index is 464. The van der Waals surface area contributed by atoms with E-state index in [1.807, 2.05) is 7.05 Å². The van der Waals surface area contributed by atoms with E-state index >= 15 is 0 Å². The Balaban J connectivity index is 2.01. The third kappa shape index (κ3) is 4.69. The first-order chi connectivity index (χ1) is 9.86. The topological polar surface area (TPSA) is 26.7 Å². The number of aliphatic hydroxyl groups is 1. The van der Waals surface area contributed by atoms with Gasteiger partial charge in [0.1, 0.15) is 0 Å². The molecule has 21 heavy (non-hydrogen) atoms. The van der Waals surface area contributed by atoms with Gasteiger partial charge in [-0.05, 0) is 44.3 Å². The largest absolute Gasteiger partial charge is 0.416 e. The molecule has 1 atom stereocenters. The highest BCUT2D eigenvalue weighted by molar-refractivity contribution is 5.27. The third-order valence-electron chi connectivity index (χ3n) is 3.84. The highest BCUT2D eigenvalue weighted by Crippen LogP contribution is 2.30. The van der Waals surface area contributed by atoms with Crippen LogP contribution in [0.3, 0.4) is 0 Å². The Morgan fingerprint density at radius 2 is 1.95 bits per heavy atom. The zero-order valence-corrected chi connectivity index (χ0v) is 12.1. The summed E-state index contributed by atoms with van der Waals surface area (Å²) in [6.45, 7) is 3.98. The van der Waals surface area contributed by atoms with E-state index in [0.29, 0.717) is 12.1 Å². The van der Waals surface area contributed by atoms with Crippen molar-refractivity contribution in [1.29, 1.82) is 0 Å². The van der Waals surface area contributed by atoms with Gasteiger partial charge in [0.15, 0.2) is 0 Å². The van der Waals surface area contributed by atoms with E-state index in [9.17, 15) is 18.3 Å². The van der Waals surface area contributed by atoms with Gasteiger partial charge in [0.25, 0.3) is 0 Å². The normalized spacial score (nSPS) is 20.2. The summed E-state index contributed by atoms with van der Waals surface area (Å²) in [4.78, 5) is 4.32. The molecule has 3 nitrogen and oxygen atoms in total. The molecule has 0 aliphatic carbocycles. The Hall–Kier alpha value is -1.11. The number of aliphatic hydroxyl groups excluding tert-OH is 1. The zero-order chi connectivity index (χ0) is 15.5. The zero-order valence-electron chi connectivity index (χ0n) is 12.1. The number of hydrogen-bond donors (Lipinski definition) is 1. The number of likely N-dealkylation sites (N-methyl/N-ethyl adjacent to an activating group) is 1. The van der Waals surface area contributed by atoms with Crippen molar-refractivity contribution in [2.45, 2.75) is 18.7 Å². The van der Waals surface area contributed by atoms with Gasteiger partial charge >= 0.3 is 6.18 Å². The first-order valence-electron chi connectivity index (χ1n) is 7.12. The van der Waals surface area contributed by atoms with E-state index in [4.69, 9.17) is 0 Å². The van der Waals surface area contributed by atoms with Crippen LogP contribution in [0.4, 0.5) is 13.2 Å². The summed E-state index contributed by atoms with van der Waals surface area (Å²) < 4.78 is 38.1. The van der Waals surface area contributed by atoms with E-state index in [0.717, 1.165) is 44.7 Å². The highest BCUT2D eigenvalue weighted by atomic mass is 19.4. The van der Waals surface area contributed by atoms with Gasteiger partial charge in [0.05, 0.1) is 11.7 Å². The van der Waals surface area contributed by atoms with E-state index in [2.05, 4.69) is 9.80 Å². The summed E-state index contributed by atoms with van der Waals surface area (Å²) in [7, 11) is 2.05. The molecule has 1 heterocycles. The highest BCUT2D eigenvalue weighted by Gasteiger charge is 2.31. The van der Waals surface area contributed by atoms with Gasteiger partial charge in [-0.1, -0.05) is 12.1 Å². The first kappa shape index (κ1) is 16.3. The van der Waals surface area contributed by atoms with Gasteiger partial charge in [-0.25, -0.2) is 0 Å². The number of β-amino-alcohol motifs (C(OH)–C–C–N with tert-alkyl or cyclic N) is 1. The maximum Gasteiger partial charge on any atom is 0.416 e. The number of hydrogen-bond acceptors (Lipinski definition) is 3. The minimum atomic E-state index is -4.37. The van der Waals surface area contributed by atoms with Gasteiger partial charge in [-0.3, -0.25) is 4.90 Å². The van der Waals surface area contributed by atoms with Crippen LogP contribution in [0.5, 0.6) is 0 Å². The van der Waals surface area contributed by atoms with Gasteiger partial charge in [-0.15, -0.1) is 0 Å². The molecule has 1 saturated heterocycles. The minimum absolute atomic E-state index is 0.322. The van der Waals surface area contributed by atoms with Crippen LogP contribution < -0.4 is 0 Å². The molecule has 1 fully saturated rings. The number of benzene rings is 1. The number of nitrogens with zero attached hydrogens (tertiary/aromatic N) is 2. The Morgan fingerprint density at radius 1 is 1.19 bits per heavy atom. The van der Waals surface area contributed by atoms with E-state index < -0.39 is 17.8 Å². The van der Waals surface area contributed by atoms with Crippen molar-refractivity contribution in [3.05, 3.63) is 35.4 Å². The lowest BCUT2D eigenvalue weighted by atomic mass is 10.1. The van der Waals surface area contributed by atoms with Crippen molar-refractivity contribution in [2.24, 2.45) is 0 Å². The molecular weight excluding hydrogens is 281 g/mol. The molecular formula is C15H21F3N2O. The van der Waals surface area contributed by atoms with Crippen molar-refractivity contribution in [3.63, 3.8) is 0 Å². The third-order valence-corrected chi connectivity index (χ3v) is 3.84. The van der Waals surface area contributed by atoms with Crippen LogP contribution in [0.1, 0.15) is 23.7 Å². The molecule has 6 heteroatoms. The number of rotatable bonds is 3. The molecule has 1 aromatic carbocycles. The van der Waals surface area contributed by atoms with E-state index in [1.165, 1.54) is 6.07 Å². The second kappa shape index (κ2) is 6.77. The van der Waals surface area contributed by atoms with Crippen molar-refractivity contribution in [3.8, 4) is 0 Å². The fraction of sp³-hybridized carbons (Fsp3) is 0.600. The number of alkyl halides is 3. The van der Waals surface area contributed by atoms with Gasteiger partial charge < -0.3 is 10.0 Å². The van der Waals surface area contributed by atoms with Gasteiger partial charge in [0.2, 0.25) is 0 Å². The monoisotopic (exact) mass is 302 g/mol. The molecule has 1 aliphatic heterocycles. The summed E-state index contributed by atoms with van der Waals surface area (Å²) in [5.74, 6) is 0. The lowest BCUT2D eigenvalue weighted by Crippen LogP contribution is -2.32. The van der Waals surface area contributed by atoms with Crippen LogP contribution >= 0.6 is 0 Å². The second-order valence-electron chi connectivity index (χ2n) is 5.60. The summed E-state index contributed by atoms with van der Waals surface area (Å²) >= 11 is 0. The molecule has 1 aliphatic rings. The SMILES string of the molecule is CN1CCCN(CC(O)c2cccc(C(F)(F)F)c2)CC1. The standard InChI is InChI=1S/C15H21F3N2O/c1-19-6-3-7-20(9-8-19)11-14(21)12-4-2-5-13(10-12)15(16,17)18/h2,4-5,10,14,21H,3,6-9,11H2,1H3. The summed E-state index contributed by atoms with van der Waals surface area (Å²) in [6.07, 6.45) is -4.26. The Morgan fingerprint density at radius 3 is 2.67 bits per heavy atom. The summed E-state index contributed by atoms with van der Waals surface area (Å²) in [5, 5.41) is 10.2. The second-order valence-corrected chi connectivity index (χ2v) is 5.60. The fourth-order valence-corrected chi connectivity index (χ4v) is 2.55. The van der Waals surface area contributed by atoms with Gasteiger partial charge in [-0.2, -0.15) is 13.2 Å². The smallest absolute Gasteiger partial charge is 0.387 e. The average Bonchev–Trinajstić information content (AvgIpc) is 2.63. The van der Waals surface area contributed by atoms with Crippen LogP contribution in [-0.2, 0) is 6.18 Å². The quantitative estimate of drug-likeness (QED) is 0.928. The summed E-state index contributed by atoms with van der Waals surface area (Å²) in [5.41, 5.74) is -0.392. The molecule has 0 saturated carbocycles. The molecule has 1 N–H and O–H groups in total. The predicted octanol–water partition coefficient (Wildman–Crippen LogP) is 2.38. The molecule has 2 rings (SSSR count). The van der Waals surface area contributed by atoms with Crippen molar-refractivity contribution < 1.29 is 18.3 Å². The molecule has 0 aromatic heterocycles. The maximum absolute atomic E-state index is 12.7. The lowest BCUT2D eigenvalue weighted by molar-refractivity contribution is -0.137. The molecule has 0 amide bonds. The van der Waals surface area contributed by atoms with E-state index in [-0.39, 0.29) is 0 Å². The molecule has 1 unspecified atom stereocenters. The van der Waals surface area contributed by atoms with Crippen molar-refractivity contribution in [1.82, 2.24) is 9.80 Å².